The molecule has 0 bridgehead atoms. The number of rotatable bonds is 6. The lowest BCUT2D eigenvalue weighted by atomic mass is 10.2. The van der Waals surface area contributed by atoms with Crippen LogP contribution in [0.1, 0.15) is 5.56 Å². The van der Waals surface area contributed by atoms with Gasteiger partial charge in [0.05, 0.1) is 28.8 Å². The number of hydrogen-bond donors (Lipinski definition) is 1. The zero-order chi connectivity index (χ0) is 22.1. The summed E-state index contributed by atoms with van der Waals surface area (Å²) in [5.41, 5.74) is 1.23. The highest BCUT2D eigenvalue weighted by atomic mass is 32.2. The number of nitrogens with one attached hydrogen (secondary N) is 1. The van der Waals surface area contributed by atoms with E-state index in [9.17, 15) is 29.3 Å². The second-order valence-electron chi connectivity index (χ2n) is 6.64. The molecule has 158 valence electrons. The Hall–Kier alpha value is -3.93. The maximum absolute atomic E-state index is 12.4. The number of non-ortho nitro benzene ring substituents is 1. The second-order valence-corrected chi connectivity index (χ2v) is 7.57. The number of oxazole rings is 1. The fourth-order valence-corrected chi connectivity index (χ4v) is 3.80. The number of nitro benzene ring substituents is 1. The minimum atomic E-state index is -0.807. The van der Waals surface area contributed by atoms with Crippen molar-refractivity contribution in [2.24, 2.45) is 0 Å². The van der Waals surface area contributed by atoms with Crippen molar-refractivity contribution in [2.75, 3.05) is 11.1 Å². The van der Waals surface area contributed by atoms with Crippen LogP contribution in [0.3, 0.4) is 0 Å². The lowest BCUT2D eigenvalue weighted by molar-refractivity contribution is -0.384. The number of thioether (sulfide) groups is 1. The number of aromatic nitrogens is 1. The van der Waals surface area contributed by atoms with Crippen LogP contribution in [0.15, 0.2) is 51.7 Å². The van der Waals surface area contributed by atoms with Gasteiger partial charge in [-0.1, -0.05) is 23.9 Å². The Morgan fingerprint density at radius 1 is 1.16 bits per heavy atom. The SMILES string of the molecule is O=C(Cn1c(=O)oc2cc([N+](=O)[O-])ccc21)Nc1ccc(CN2C(=O)CSC2=O)cc1. The molecule has 0 radical (unpaired) electrons. The minimum Gasteiger partial charge on any atom is -0.407 e. The number of carbonyl (C=O) groups excluding carboxylic acids is 3. The molecule has 1 saturated heterocycles. The van der Waals surface area contributed by atoms with E-state index in [4.69, 9.17) is 4.42 Å². The Morgan fingerprint density at radius 2 is 1.90 bits per heavy atom. The van der Waals surface area contributed by atoms with Gasteiger partial charge in [0.15, 0.2) is 5.58 Å². The maximum Gasteiger partial charge on any atom is 0.420 e. The predicted molar refractivity (Wildman–Crippen MR) is 111 cm³/mol. The van der Waals surface area contributed by atoms with Gasteiger partial charge >= 0.3 is 5.76 Å². The minimum absolute atomic E-state index is 0.0144. The van der Waals surface area contributed by atoms with Gasteiger partial charge in [-0.15, -0.1) is 0 Å². The van der Waals surface area contributed by atoms with Crippen LogP contribution in [0.2, 0.25) is 0 Å². The monoisotopic (exact) mass is 442 g/mol. The maximum atomic E-state index is 12.4. The molecule has 1 aromatic heterocycles. The van der Waals surface area contributed by atoms with E-state index in [1.165, 1.54) is 17.0 Å². The molecule has 31 heavy (non-hydrogen) atoms. The zero-order valence-electron chi connectivity index (χ0n) is 15.8. The molecule has 11 nitrogen and oxygen atoms in total. The second kappa shape index (κ2) is 8.07. The molecule has 12 heteroatoms. The largest absolute Gasteiger partial charge is 0.420 e. The number of anilines is 1. The molecule has 0 saturated carbocycles. The van der Waals surface area contributed by atoms with Crippen LogP contribution in [-0.2, 0) is 22.7 Å². The average molecular weight is 442 g/mol. The van der Waals surface area contributed by atoms with Crippen LogP contribution in [0.25, 0.3) is 11.1 Å². The van der Waals surface area contributed by atoms with Gasteiger partial charge in [-0.2, -0.15) is 0 Å². The highest BCUT2D eigenvalue weighted by molar-refractivity contribution is 8.14. The Kier molecular flexibility index (Phi) is 5.29. The number of fused-ring (bicyclic) bond motifs is 1. The topological polar surface area (TPSA) is 145 Å². The number of hydrogen-bond acceptors (Lipinski definition) is 8. The van der Waals surface area contributed by atoms with E-state index < -0.39 is 16.6 Å². The molecule has 3 amide bonds. The molecule has 2 heterocycles. The predicted octanol–water partition coefficient (Wildman–Crippen LogP) is 2.34. The molecule has 1 fully saturated rings. The highest BCUT2D eigenvalue weighted by Gasteiger charge is 2.29. The average Bonchev–Trinajstić information content (AvgIpc) is 3.22. The van der Waals surface area contributed by atoms with Gasteiger partial charge < -0.3 is 9.73 Å². The van der Waals surface area contributed by atoms with Crippen molar-refractivity contribution in [3.63, 3.8) is 0 Å². The van der Waals surface area contributed by atoms with Gasteiger partial charge in [-0.05, 0) is 23.8 Å². The van der Waals surface area contributed by atoms with E-state index in [1.54, 1.807) is 24.3 Å². The van der Waals surface area contributed by atoms with E-state index in [-0.39, 0.29) is 46.8 Å². The Bertz CT molecular complexity index is 1260. The third-order valence-electron chi connectivity index (χ3n) is 4.58. The van der Waals surface area contributed by atoms with Crippen LogP contribution >= 0.6 is 11.8 Å². The van der Waals surface area contributed by atoms with Crippen molar-refractivity contribution < 1.29 is 23.7 Å². The van der Waals surface area contributed by atoms with Crippen molar-refractivity contribution in [1.82, 2.24) is 9.47 Å². The van der Waals surface area contributed by atoms with E-state index in [1.807, 2.05) is 0 Å². The summed E-state index contributed by atoms with van der Waals surface area (Å²) in [5.74, 6) is -1.41. The summed E-state index contributed by atoms with van der Waals surface area (Å²) in [6.07, 6.45) is 0. The molecule has 1 aliphatic rings. The van der Waals surface area contributed by atoms with Crippen LogP contribution < -0.4 is 11.1 Å². The first-order valence-electron chi connectivity index (χ1n) is 8.95. The van der Waals surface area contributed by atoms with Gasteiger partial charge in [0.1, 0.15) is 6.54 Å². The molecule has 0 unspecified atom stereocenters. The van der Waals surface area contributed by atoms with Crippen molar-refractivity contribution >= 4 is 51.3 Å². The lowest BCUT2D eigenvalue weighted by Gasteiger charge is -2.13. The van der Waals surface area contributed by atoms with Gasteiger partial charge in [-0.25, -0.2) is 4.79 Å². The number of nitrogens with zero attached hydrogens (tertiary/aromatic N) is 3. The van der Waals surface area contributed by atoms with E-state index in [0.29, 0.717) is 5.69 Å². The van der Waals surface area contributed by atoms with E-state index in [2.05, 4.69) is 5.32 Å². The number of carbonyl (C=O) groups is 3. The summed E-state index contributed by atoms with van der Waals surface area (Å²) in [6, 6.07) is 10.3. The zero-order valence-corrected chi connectivity index (χ0v) is 16.6. The smallest absolute Gasteiger partial charge is 0.407 e. The van der Waals surface area contributed by atoms with Crippen molar-refractivity contribution in [3.05, 3.63) is 68.7 Å². The van der Waals surface area contributed by atoms with Crippen molar-refractivity contribution in [2.45, 2.75) is 13.1 Å². The fraction of sp³-hybridized carbons (Fsp3) is 0.158. The molecule has 0 aliphatic carbocycles. The number of amides is 3. The summed E-state index contributed by atoms with van der Waals surface area (Å²) < 4.78 is 6.07. The van der Waals surface area contributed by atoms with Crippen LogP contribution in [-0.4, -0.2) is 37.2 Å². The molecule has 3 aromatic rings. The number of benzene rings is 2. The molecule has 0 spiro atoms. The summed E-state index contributed by atoms with van der Waals surface area (Å²) in [7, 11) is 0. The normalized spacial score (nSPS) is 13.7. The Balaban J connectivity index is 1.44. The van der Waals surface area contributed by atoms with Crippen LogP contribution in [0.4, 0.5) is 16.2 Å². The van der Waals surface area contributed by atoms with Gasteiger partial charge in [0.25, 0.3) is 10.9 Å². The lowest BCUT2D eigenvalue weighted by Crippen LogP contribution is -2.27. The van der Waals surface area contributed by atoms with Gasteiger partial charge in [0.2, 0.25) is 11.8 Å². The van der Waals surface area contributed by atoms with Crippen LogP contribution in [0.5, 0.6) is 0 Å². The standard InChI is InChI=1S/C19H14N4O7S/c24-16(9-21-14-6-5-13(23(28)29)7-15(14)30-18(21)26)20-12-3-1-11(2-4-12)8-22-17(25)10-31-19(22)27/h1-7H,8-10H2,(H,20,24). The summed E-state index contributed by atoms with van der Waals surface area (Å²) >= 11 is 0.962. The van der Waals surface area contributed by atoms with E-state index in [0.717, 1.165) is 28.0 Å². The Morgan fingerprint density at radius 3 is 2.55 bits per heavy atom. The number of imide groups is 1. The number of nitro groups is 1. The van der Waals surface area contributed by atoms with Crippen molar-refractivity contribution in [3.8, 4) is 0 Å². The summed E-state index contributed by atoms with van der Waals surface area (Å²) in [4.78, 5) is 59.2. The van der Waals surface area contributed by atoms with E-state index >= 15 is 0 Å². The highest BCUT2D eigenvalue weighted by Crippen LogP contribution is 2.22. The first-order valence-corrected chi connectivity index (χ1v) is 9.94. The molecule has 0 atom stereocenters. The molecule has 2 aromatic carbocycles. The molecular weight excluding hydrogens is 428 g/mol. The molecule has 1 aliphatic heterocycles. The fourth-order valence-electron chi connectivity index (χ4n) is 3.07. The van der Waals surface area contributed by atoms with Gasteiger partial charge in [0, 0.05) is 11.8 Å². The summed E-state index contributed by atoms with van der Waals surface area (Å²) in [5, 5.41) is 13.2. The first kappa shape index (κ1) is 20.3. The van der Waals surface area contributed by atoms with Crippen LogP contribution in [0, 0.1) is 10.1 Å². The third kappa shape index (κ3) is 4.19. The molecule has 4 rings (SSSR count). The first-order chi connectivity index (χ1) is 14.8. The Labute approximate surface area is 177 Å². The third-order valence-corrected chi connectivity index (χ3v) is 5.44. The summed E-state index contributed by atoms with van der Waals surface area (Å²) in [6.45, 7) is -0.194. The quantitative estimate of drug-likeness (QED) is 0.452. The van der Waals surface area contributed by atoms with Crippen molar-refractivity contribution in [1.29, 1.82) is 0 Å². The molecule has 1 N–H and O–H groups in total. The molecular formula is C19H14N4O7S. The van der Waals surface area contributed by atoms with Gasteiger partial charge in [-0.3, -0.25) is 34.0 Å².